The maximum Gasteiger partial charge on any atom is 0.137 e. The number of benzene rings is 1. The number of hydrogen-bond donors (Lipinski definition) is 1. The molecule has 4 nitrogen and oxygen atoms in total. The SMILES string of the molecule is CN(Cc1nccn1C)C(CN)c1ccc(Br)c(F)c1. The van der Waals surface area contributed by atoms with Crippen molar-refractivity contribution in [2.24, 2.45) is 12.8 Å². The number of imidazole rings is 1. The summed E-state index contributed by atoms with van der Waals surface area (Å²) < 4.78 is 16.1. The van der Waals surface area contributed by atoms with Crippen LogP contribution in [0.15, 0.2) is 35.1 Å². The molecule has 1 unspecified atom stereocenters. The lowest BCUT2D eigenvalue weighted by Gasteiger charge is -2.27. The quantitative estimate of drug-likeness (QED) is 0.909. The minimum absolute atomic E-state index is 0.0469. The summed E-state index contributed by atoms with van der Waals surface area (Å²) in [5.41, 5.74) is 6.72. The molecule has 6 heteroatoms. The second-order valence-corrected chi connectivity index (χ2v) is 5.65. The van der Waals surface area contributed by atoms with Crippen molar-refractivity contribution in [3.63, 3.8) is 0 Å². The predicted molar refractivity (Wildman–Crippen MR) is 80.6 cm³/mol. The minimum atomic E-state index is -0.272. The van der Waals surface area contributed by atoms with Gasteiger partial charge in [0.2, 0.25) is 0 Å². The van der Waals surface area contributed by atoms with Crippen LogP contribution < -0.4 is 5.73 Å². The van der Waals surface area contributed by atoms with Gasteiger partial charge in [-0.3, -0.25) is 4.90 Å². The summed E-state index contributed by atoms with van der Waals surface area (Å²) in [7, 11) is 3.92. The second-order valence-electron chi connectivity index (χ2n) is 4.79. The third-order valence-electron chi connectivity index (χ3n) is 3.40. The van der Waals surface area contributed by atoms with Crippen LogP contribution in [0, 0.1) is 5.82 Å². The zero-order chi connectivity index (χ0) is 14.7. The highest BCUT2D eigenvalue weighted by Crippen LogP contribution is 2.24. The van der Waals surface area contributed by atoms with E-state index in [1.165, 1.54) is 6.07 Å². The highest BCUT2D eigenvalue weighted by Gasteiger charge is 2.18. The van der Waals surface area contributed by atoms with E-state index in [1.54, 1.807) is 12.3 Å². The summed E-state index contributed by atoms with van der Waals surface area (Å²) in [6.45, 7) is 1.07. The monoisotopic (exact) mass is 340 g/mol. The van der Waals surface area contributed by atoms with Crippen LogP contribution in [0.2, 0.25) is 0 Å². The van der Waals surface area contributed by atoms with Crippen LogP contribution in [-0.2, 0) is 13.6 Å². The molecule has 1 aromatic heterocycles. The van der Waals surface area contributed by atoms with Crippen LogP contribution in [0.25, 0.3) is 0 Å². The summed E-state index contributed by atoms with van der Waals surface area (Å²) in [5.74, 6) is 0.676. The standard InChI is InChI=1S/C14H18BrFN4/c1-19-6-5-18-14(19)9-20(2)13(8-17)10-3-4-11(15)12(16)7-10/h3-7,13H,8-9,17H2,1-2H3. The average Bonchev–Trinajstić information content (AvgIpc) is 2.80. The molecule has 2 rings (SSSR count). The number of likely N-dealkylation sites (N-methyl/N-ethyl adjacent to an activating group) is 1. The van der Waals surface area contributed by atoms with Crippen molar-refractivity contribution in [1.29, 1.82) is 0 Å². The molecule has 0 fully saturated rings. The first kappa shape index (κ1) is 15.2. The number of hydrogen-bond acceptors (Lipinski definition) is 3. The molecule has 0 bridgehead atoms. The summed E-state index contributed by atoms with van der Waals surface area (Å²) >= 11 is 3.16. The molecule has 2 aromatic rings. The lowest BCUT2D eigenvalue weighted by Crippen LogP contribution is -2.31. The lowest BCUT2D eigenvalue weighted by atomic mass is 10.1. The van der Waals surface area contributed by atoms with Gasteiger partial charge in [0.05, 0.1) is 11.0 Å². The van der Waals surface area contributed by atoms with E-state index in [2.05, 4.69) is 25.8 Å². The van der Waals surface area contributed by atoms with E-state index in [-0.39, 0.29) is 11.9 Å². The van der Waals surface area contributed by atoms with Crippen molar-refractivity contribution in [2.45, 2.75) is 12.6 Å². The Morgan fingerprint density at radius 2 is 2.25 bits per heavy atom. The molecule has 0 saturated carbocycles. The van der Waals surface area contributed by atoms with Gasteiger partial charge in [-0.1, -0.05) is 6.07 Å². The Hall–Kier alpha value is -1.24. The van der Waals surface area contributed by atoms with Crippen LogP contribution in [-0.4, -0.2) is 28.0 Å². The van der Waals surface area contributed by atoms with Crippen molar-refractivity contribution in [2.75, 3.05) is 13.6 Å². The topological polar surface area (TPSA) is 47.1 Å². The zero-order valence-corrected chi connectivity index (χ0v) is 13.1. The molecule has 20 heavy (non-hydrogen) atoms. The largest absolute Gasteiger partial charge is 0.337 e. The smallest absolute Gasteiger partial charge is 0.137 e. The van der Waals surface area contributed by atoms with E-state index in [0.717, 1.165) is 11.4 Å². The summed E-state index contributed by atoms with van der Waals surface area (Å²) in [4.78, 5) is 6.37. The van der Waals surface area contributed by atoms with E-state index in [4.69, 9.17) is 5.73 Å². The van der Waals surface area contributed by atoms with Gasteiger partial charge in [-0.2, -0.15) is 0 Å². The Kier molecular flexibility index (Phi) is 4.91. The fourth-order valence-corrected chi connectivity index (χ4v) is 2.42. The molecule has 0 aliphatic heterocycles. The predicted octanol–water partition coefficient (Wildman–Crippen LogP) is 2.45. The maximum atomic E-state index is 13.7. The van der Waals surface area contributed by atoms with E-state index in [9.17, 15) is 4.39 Å². The van der Waals surface area contributed by atoms with Crippen LogP contribution in [0.1, 0.15) is 17.4 Å². The first-order chi connectivity index (χ1) is 9.52. The molecule has 1 atom stereocenters. The van der Waals surface area contributed by atoms with E-state index < -0.39 is 0 Å². The Bertz CT molecular complexity index is 584. The van der Waals surface area contributed by atoms with Crippen LogP contribution >= 0.6 is 15.9 Å². The van der Waals surface area contributed by atoms with Gasteiger partial charge in [0.25, 0.3) is 0 Å². The fourth-order valence-electron chi connectivity index (χ4n) is 2.17. The molecule has 0 spiro atoms. The van der Waals surface area contributed by atoms with Gasteiger partial charge in [-0.05, 0) is 40.7 Å². The highest BCUT2D eigenvalue weighted by molar-refractivity contribution is 9.10. The van der Waals surface area contributed by atoms with E-state index in [1.807, 2.05) is 30.9 Å². The number of nitrogens with two attached hydrogens (primary N) is 1. The Morgan fingerprint density at radius 1 is 1.50 bits per heavy atom. The van der Waals surface area contributed by atoms with Gasteiger partial charge in [0, 0.05) is 32.0 Å². The van der Waals surface area contributed by atoms with Gasteiger partial charge in [-0.25, -0.2) is 9.37 Å². The molecule has 108 valence electrons. The Balaban J connectivity index is 2.18. The minimum Gasteiger partial charge on any atom is -0.337 e. The first-order valence-corrected chi connectivity index (χ1v) is 7.13. The lowest BCUT2D eigenvalue weighted by molar-refractivity contribution is 0.233. The Morgan fingerprint density at radius 3 is 2.80 bits per heavy atom. The molecule has 1 aromatic carbocycles. The third kappa shape index (κ3) is 3.26. The number of rotatable bonds is 5. The molecule has 0 radical (unpaired) electrons. The summed E-state index contributed by atoms with van der Waals surface area (Å²) in [6.07, 6.45) is 3.67. The van der Waals surface area contributed by atoms with Gasteiger partial charge in [0.1, 0.15) is 11.6 Å². The molecule has 0 aliphatic carbocycles. The summed E-state index contributed by atoms with van der Waals surface area (Å²) in [5, 5.41) is 0. The van der Waals surface area contributed by atoms with Crippen molar-refractivity contribution in [1.82, 2.24) is 14.5 Å². The van der Waals surface area contributed by atoms with Crippen LogP contribution in [0.5, 0.6) is 0 Å². The molecule has 0 aliphatic rings. The van der Waals surface area contributed by atoms with Crippen molar-refractivity contribution >= 4 is 15.9 Å². The second kappa shape index (κ2) is 6.47. The van der Waals surface area contributed by atoms with Crippen molar-refractivity contribution in [3.8, 4) is 0 Å². The maximum absolute atomic E-state index is 13.7. The van der Waals surface area contributed by atoms with Crippen LogP contribution in [0.4, 0.5) is 4.39 Å². The van der Waals surface area contributed by atoms with Gasteiger partial charge in [0.15, 0.2) is 0 Å². The molecular weight excluding hydrogens is 323 g/mol. The molecule has 2 N–H and O–H groups in total. The molecule has 1 heterocycles. The van der Waals surface area contributed by atoms with E-state index >= 15 is 0 Å². The normalized spacial score (nSPS) is 12.9. The number of halogens is 2. The highest BCUT2D eigenvalue weighted by atomic mass is 79.9. The summed E-state index contributed by atoms with van der Waals surface area (Å²) in [6, 6.07) is 5.08. The van der Waals surface area contributed by atoms with Crippen molar-refractivity contribution < 1.29 is 4.39 Å². The number of nitrogens with zero attached hydrogens (tertiary/aromatic N) is 3. The number of aryl methyl sites for hydroxylation is 1. The average molecular weight is 341 g/mol. The van der Waals surface area contributed by atoms with Gasteiger partial charge in [-0.15, -0.1) is 0 Å². The van der Waals surface area contributed by atoms with Crippen molar-refractivity contribution in [3.05, 3.63) is 52.3 Å². The van der Waals surface area contributed by atoms with Gasteiger partial charge < -0.3 is 10.3 Å². The zero-order valence-electron chi connectivity index (χ0n) is 11.6. The third-order valence-corrected chi connectivity index (χ3v) is 4.04. The van der Waals surface area contributed by atoms with Crippen LogP contribution in [0.3, 0.4) is 0 Å². The molecular formula is C14H18BrFN4. The van der Waals surface area contributed by atoms with Gasteiger partial charge >= 0.3 is 0 Å². The molecule has 0 amide bonds. The fraction of sp³-hybridized carbons (Fsp3) is 0.357. The Labute approximate surface area is 126 Å². The molecule has 0 saturated heterocycles. The number of aromatic nitrogens is 2. The van der Waals surface area contributed by atoms with E-state index in [0.29, 0.717) is 17.6 Å². The first-order valence-electron chi connectivity index (χ1n) is 6.34.